The molecule has 1 N–H and O–H groups in total. The number of hydrogen-bond donors (Lipinski definition) is 1. The number of methoxy groups -OCH3 is 1. The lowest BCUT2D eigenvalue weighted by Crippen LogP contribution is -2.54. The number of benzene rings is 4. The van der Waals surface area contributed by atoms with Crippen molar-refractivity contribution >= 4 is 50.7 Å². The number of amides is 2. The number of hydrogen-bond acceptors (Lipinski definition) is 5. The van der Waals surface area contributed by atoms with E-state index in [4.69, 9.17) is 27.9 Å². The molecule has 0 saturated heterocycles. The summed E-state index contributed by atoms with van der Waals surface area (Å²) in [5.74, 6) is -0.591. The van der Waals surface area contributed by atoms with Crippen LogP contribution in [0.4, 0.5) is 5.69 Å². The van der Waals surface area contributed by atoms with Gasteiger partial charge < -0.3 is 15.0 Å². The SMILES string of the molecule is CC[C@@H](C)NC(=O)[C@@H](Cc1ccccc1)N(Cc1cccc(Cl)c1)C(=O)CN(c1ccc(OC)c(Cl)c1)S(=O)(=O)c1ccccc1. The van der Waals surface area contributed by atoms with E-state index in [9.17, 15) is 18.0 Å². The molecule has 0 aliphatic heterocycles. The summed E-state index contributed by atoms with van der Waals surface area (Å²) in [6.07, 6.45) is 0.891. The van der Waals surface area contributed by atoms with E-state index >= 15 is 0 Å². The van der Waals surface area contributed by atoms with Gasteiger partial charge in [-0.25, -0.2) is 8.42 Å². The zero-order valence-corrected chi connectivity index (χ0v) is 28.2. The van der Waals surface area contributed by atoms with Crippen molar-refractivity contribution in [3.63, 3.8) is 0 Å². The zero-order valence-electron chi connectivity index (χ0n) is 25.9. The van der Waals surface area contributed by atoms with Crippen molar-refractivity contribution in [3.05, 3.63) is 124 Å². The van der Waals surface area contributed by atoms with Crippen molar-refractivity contribution < 1.29 is 22.7 Å². The third-order valence-electron chi connectivity index (χ3n) is 7.55. The Morgan fingerprint density at radius 3 is 2.13 bits per heavy atom. The highest BCUT2D eigenvalue weighted by atomic mass is 35.5. The molecule has 11 heteroatoms. The van der Waals surface area contributed by atoms with Gasteiger partial charge in [-0.15, -0.1) is 0 Å². The second-order valence-electron chi connectivity index (χ2n) is 10.8. The monoisotopic (exact) mass is 681 g/mol. The van der Waals surface area contributed by atoms with E-state index in [0.717, 1.165) is 9.87 Å². The van der Waals surface area contributed by atoms with Crippen LogP contribution < -0.4 is 14.4 Å². The molecule has 0 saturated carbocycles. The molecular weight excluding hydrogens is 645 g/mol. The first-order chi connectivity index (χ1) is 22.0. The van der Waals surface area contributed by atoms with Gasteiger partial charge >= 0.3 is 0 Å². The van der Waals surface area contributed by atoms with Gasteiger partial charge in [-0.3, -0.25) is 13.9 Å². The number of carbonyl (C=O) groups excluding carboxylic acids is 2. The van der Waals surface area contributed by atoms with Gasteiger partial charge in [0.15, 0.2) is 0 Å². The predicted octanol–water partition coefficient (Wildman–Crippen LogP) is 6.75. The van der Waals surface area contributed by atoms with Crippen molar-refractivity contribution in [2.45, 2.75) is 50.2 Å². The molecule has 4 rings (SSSR count). The third-order valence-corrected chi connectivity index (χ3v) is 9.87. The van der Waals surface area contributed by atoms with E-state index in [1.807, 2.05) is 44.2 Å². The maximum atomic E-state index is 14.5. The van der Waals surface area contributed by atoms with E-state index in [1.165, 1.54) is 42.3 Å². The van der Waals surface area contributed by atoms with Gasteiger partial charge in [0, 0.05) is 24.0 Å². The summed E-state index contributed by atoms with van der Waals surface area (Å²) in [6.45, 7) is 3.25. The van der Waals surface area contributed by atoms with Gasteiger partial charge in [0.1, 0.15) is 18.3 Å². The van der Waals surface area contributed by atoms with Crippen LogP contribution in [0.15, 0.2) is 108 Å². The fraction of sp³-hybridized carbons (Fsp3) is 0.257. The molecule has 0 fully saturated rings. The van der Waals surface area contributed by atoms with Crippen LogP contribution in [-0.4, -0.2) is 50.9 Å². The first kappa shape index (κ1) is 34.8. The van der Waals surface area contributed by atoms with E-state index in [-0.39, 0.29) is 40.5 Å². The normalized spacial score (nSPS) is 12.5. The molecule has 2 atom stereocenters. The summed E-state index contributed by atoms with van der Waals surface area (Å²) < 4.78 is 34.5. The lowest BCUT2D eigenvalue weighted by Gasteiger charge is -2.34. The molecule has 0 heterocycles. The highest BCUT2D eigenvalue weighted by molar-refractivity contribution is 7.92. The van der Waals surface area contributed by atoms with Crippen molar-refractivity contribution in [1.29, 1.82) is 0 Å². The fourth-order valence-corrected chi connectivity index (χ4v) is 6.78. The highest BCUT2D eigenvalue weighted by Crippen LogP contribution is 2.32. The number of carbonyl (C=O) groups is 2. The van der Waals surface area contributed by atoms with Gasteiger partial charge in [-0.05, 0) is 66.9 Å². The molecule has 242 valence electrons. The summed E-state index contributed by atoms with van der Waals surface area (Å²) >= 11 is 12.7. The largest absolute Gasteiger partial charge is 0.495 e. The average molecular weight is 683 g/mol. The van der Waals surface area contributed by atoms with Crippen LogP contribution in [0.3, 0.4) is 0 Å². The topological polar surface area (TPSA) is 96.0 Å². The Kier molecular flexibility index (Phi) is 12.1. The second kappa shape index (κ2) is 16.0. The maximum Gasteiger partial charge on any atom is 0.264 e. The number of nitrogens with one attached hydrogen (secondary N) is 1. The first-order valence-electron chi connectivity index (χ1n) is 14.8. The van der Waals surface area contributed by atoms with Gasteiger partial charge in [0.05, 0.1) is 22.7 Å². The Bertz CT molecular complexity index is 1740. The quantitative estimate of drug-likeness (QED) is 0.159. The summed E-state index contributed by atoms with van der Waals surface area (Å²) in [4.78, 5) is 29.9. The minimum atomic E-state index is -4.26. The van der Waals surface area contributed by atoms with Crippen LogP contribution in [0.2, 0.25) is 10.0 Å². The number of anilines is 1. The van der Waals surface area contributed by atoms with Crippen molar-refractivity contribution in [3.8, 4) is 5.75 Å². The minimum Gasteiger partial charge on any atom is -0.495 e. The van der Waals surface area contributed by atoms with Crippen LogP contribution in [0, 0.1) is 0 Å². The third kappa shape index (κ3) is 8.81. The van der Waals surface area contributed by atoms with Crippen LogP contribution in [0.5, 0.6) is 5.75 Å². The first-order valence-corrected chi connectivity index (χ1v) is 17.0. The fourth-order valence-electron chi connectivity index (χ4n) is 4.89. The lowest BCUT2D eigenvalue weighted by atomic mass is 10.0. The van der Waals surface area contributed by atoms with Crippen molar-refractivity contribution in [2.75, 3.05) is 18.0 Å². The lowest BCUT2D eigenvalue weighted by molar-refractivity contribution is -0.140. The molecule has 0 unspecified atom stereocenters. The number of nitrogens with zero attached hydrogens (tertiary/aromatic N) is 2. The Morgan fingerprint density at radius 1 is 0.870 bits per heavy atom. The second-order valence-corrected chi connectivity index (χ2v) is 13.5. The molecule has 0 bridgehead atoms. The Hall–Kier alpha value is -4.05. The van der Waals surface area contributed by atoms with Gasteiger partial charge in [0.25, 0.3) is 10.0 Å². The van der Waals surface area contributed by atoms with Gasteiger partial charge in [-0.1, -0.05) is 90.8 Å². The molecule has 46 heavy (non-hydrogen) atoms. The molecule has 0 aromatic heterocycles. The van der Waals surface area contributed by atoms with Gasteiger partial charge in [-0.2, -0.15) is 0 Å². The van der Waals surface area contributed by atoms with E-state index in [2.05, 4.69) is 5.32 Å². The molecule has 2 amide bonds. The molecule has 8 nitrogen and oxygen atoms in total. The van der Waals surface area contributed by atoms with Crippen molar-refractivity contribution in [1.82, 2.24) is 10.2 Å². The Balaban J connectivity index is 1.83. The highest BCUT2D eigenvalue weighted by Gasteiger charge is 2.35. The summed E-state index contributed by atoms with van der Waals surface area (Å²) in [7, 11) is -2.81. The summed E-state index contributed by atoms with van der Waals surface area (Å²) in [5.41, 5.74) is 1.68. The van der Waals surface area contributed by atoms with Crippen molar-refractivity contribution in [2.24, 2.45) is 0 Å². The molecular formula is C35H37Cl2N3O5S. The predicted molar refractivity (Wildman–Crippen MR) is 183 cm³/mol. The van der Waals surface area contributed by atoms with Gasteiger partial charge in [0.2, 0.25) is 11.8 Å². The minimum absolute atomic E-state index is 0.00735. The molecule has 0 aliphatic rings. The summed E-state index contributed by atoms with van der Waals surface area (Å²) in [5, 5.41) is 3.66. The molecule has 4 aromatic rings. The van der Waals surface area contributed by atoms with E-state index < -0.39 is 28.5 Å². The number of halogens is 2. The molecule has 0 aliphatic carbocycles. The number of ether oxygens (including phenoxy) is 1. The van der Waals surface area contributed by atoms with Crippen LogP contribution >= 0.6 is 23.2 Å². The number of sulfonamides is 1. The van der Waals surface area contributed by atoms with E-state index in [1.54, 1.807) is 42.5 Å². The average Bonchev–Trinajstić information content (AvgIpc) is 3.05. The Labute approximate surface area is 280 Å². The molecule has 4 aromatic carbocycles. The standard InChI is InChI=1S/C35H37Cl2N3O5S/c1-4-25(2)38-35(42)32(21-26-12-7-5-8-13-26)39(23-27-14-11-15-28(36)20-27)34(41)24-40(29-18-19-33(45-3)31(37)22-29)46(43,44)30-16-9-6-10-17-30/h5-20,22,25,32H,4,21,23-24H2,1-3H3,(H,38,42)/t25-,32-/m1/s1. The van der Waals surface area contributed by atoms with E-state index in [0.29, 0.717) is 22.8 Å². The molecule has 0 spiro atoms. The van der Waals surface area contributed by atoms with Crippen LogP contribution in [0.25, 0.3) is 0 Å². The molecule has 0 radical (unpaired) electrons. The maximum absolute atomic E-state index is 14.5. The zero-order chi connectivity index (χ0) is 33.3. The summed E-state index contributed by atoms with van der Waals surface area (Å²) in [6, 6.07) is 27.6. The smallest absolute Gasteiger partial charge is 0.264 e. The Morgan fingerprint density at radius 2 is 1.52 bits per heavy atom. The van der Waals surface area contributed by atoms with Crippen LogP contribution in [0.1, 0.15) is 31.4 Å². The number of rotatable bonds is 14. The van der Waals surface area contributed by atoms with Crippen LogP contribution in [-0.2, 0) is 32.6 Å².